The first-order valence-electron chi connectivity index (χ1n) is 4.52. The normalized spacial score (nSPS) is 13.8. The Morgan fingerprint density at radius 3 is 2.58 bits per heavy atom. The van der Waals surface area contributed by atoms with Crippen molar-refractivity contribution in [2.45, 2.75) is 25.9 Å². The van der Waals surface area contributed by atoms with Crippen molar-refractivity contribution < 1.29 is 9.84 Å². The van der Waals surface area contributed by atoms with E-state index in [1.807, 2.05) is 14.0 Å². The Labute approximate surface area is 75.3 Å². The zero-order valence-electron chi connectivity index (χ0n) is 8.42. The van der Waals surface area contributed by atoms with Crippen LogP contribution in [0.25, 0.3) is 0 Å². The highest BCUT2D eigenvalue weighted by atomic mass is 16.5. The minimum Gasteiger partial charge on any atom is -0.392 e. The van der Waals surface area contributed by atoms with Gasteiger partial charge in [-0.05, 0) is 33.4 Å². The summed E-state index contributed by atoms with van der Waals surface area (Å²) >= 11 is 0. The van der Waals surface area contributed by atoms with Gasteiger partial charge < -0.3 is 14.7 Å². The van der Waals surface area contributed by atoms with Gasteiger partial charge in [-0.1, -0.05) is 0 Å². The average molecular weight is 175 g/mol. The van der Waals surface area contributed by atoms with Crippen molar-refractivity contribution >= 4 is 0 Å². The molecule has 0 aromatic carbocycles. The van der Waals surface area contributed by atoms with E-state index in [1.54, 1.807) is 7.11 Å². The van der Waals surface area contributed by atoms with Crippen LogP contribution in [0.1, 0.15) is 19.8 Å². The second-order valence-electron chi connectivity index (χ2n) is 3.31. The molecule has 0 saturated carbocycles. The number of methoxy groups -OCH3 is 1. The predicted octanol–water partition coefficient (Wildman–Crippen LogP) is 0.726. The molecule has 3 nitrogen and oxygen atoms in total. The molecule has 1 atom stereocenters. The zero-order valence-corrected chi connectivity index (χ0v) is 8.42. The molecule has 0 aliphatic heterocycles. The molecule has 0 heterocycles. The van der Waals surface area contributed by atoms with Gasteiger partial charge in [-0.25, -0.2) is 0 Å². The van der Waals surface area contributed by atoms with Crippen molar-refractivity contribution in [2.24, 2.45) is 0 Å². The predicted molar refractivity (Wildman–Crippen MR) is 50.3 cm³/mol. The molecule has 0 aliphatic rings. The molecule has 74 valence electrons. The molecule has 0 saturated heterocycles. The van der Waals surface area contributed by atoms with Crippen molar-refractivity contribution in [3.05, 3.63) is 0 Å². The van der Waals surface area contributed by atoms with Gasteiger partial charge in [-0.2, -0.15) is 0 Å². The largest absolute Gasteiger partial charge is 0.392 e. The van der Waals surface area contributed by atoms with Crippen molar-refractivity contribution in [3.63, 3.8) is 0 Å². The Morgan fingerprint density at radius 2 is 2.08 bits per heavy atom. The summed E-state index contributed by atoms with van der Waals surface area (Å²) < 4.78 is 4.94. The Kier molecular flexibility index (Phi) is 7.45. The zero-order chi connectivity index (χ0) is 9.40. The van der Waals surface area contributed by atoms with Crippen molar-refractivity contribution in [2.75, 3.05) is 33.9 Å². The molecular weight excluding hydrogens is 154 g/mol. The van der Waals surface area contributed by atoms with E-state index < -0.39 is 0 Å². The lowest BCUT2D eigenvalue weighted by molar-refractivity contribution is 0.136. The molecule has 0 spiro atoms. The smallest absolute Gasteiger partial charge is 0.0638 e. The van der Waals surface area contributed by atoms with Gasteiger partial charge in [-0.3, -0.25) is 0 Å². The van der Waals surface area contributed by atoms with Crippen LogP contribution in [-0.4, -0.2) is 50.0 Å². The number of unbranched alkanes of at least 4 members (excludes halogenated alkanes) is 1. The highest BCUT2D eigenvalue weighted by molar-refractivity contribution is 4.55. The summed E-state index contributed by atoms with van der Waals surface area (Å²) in [7, 11) is 3.75. The highest BCUT2D eigenvalue weighted by Crippen LogP contribution is 1.94. The number of rotatable bonds is 7. The van der Waals surface area contributed by atoms with E-state index in [2.05, 4.69) is 4.90 Å². The number of hydrogen-bond acceptors (Lipinski definition) is 3. The van der Waals surface area contributed by atoms with Crippen LogP contribution in [0.3, 0.4) is 0 Å². The standard InChI is InChI=1S/C9H21NO2/c1-9(11)8-10(2)6-4-5-7-12-3/h9,11H,4-8H2,1-3H3. The first-order valence-corrected chi connectivity index (χ1v) is 4.52. The number of aliphatic hydroxyl groups is 1. The van der Waals surface area contributed by atoms with E-state index in [0.717, 1.165) is 32.5 Å². The van der Waals surface area contributed by atoms with Gasteiger partial charge in [0, 0.05) is 20.3 Å². The second kappa shape index (κ2) is 7.53. The Hall–Kier alpha value is -0.120. The molecule has 0 rings (SSSR count). The van der Waals surface area contributed by atoms with E-state index in [-0.39, 0.29) is 6.10 Å². The van der Waals surface area contributed by atoms with Crippen molar-refractivity contribution in [1.29, 1.82) is 0 Å². The first-order chi connectivity index (χ1) is 5.66. The van der Waals surface area contributed by atoms with Gasteiger partial charge in [-0.15, -0.1) is 0 Å². The van der Waals surface area contributed by atoms with Crippen LogP contribution in [0.15, 0.2) is 0 Å². The fourth-order valence-corrected chi connectivity index (χ4v) is 1.17. The number of likely N-dealkylation sites (N-methyl/N-ethyl adjacent to an activating group) is 1. The van der Waals surface area contributed by atoms with Crippen LogP contribution in [-0.2, 0) is 4.74 Å². The average Bonchev–Trinajstić information content (AvgIpc) is 1.97. The van der Waals surface area contributed by atoms with E-state index in [9.17, 15) is 0 Å². The highest BCUT2D eigenvalue weighted by Gasteiger charge is 2.01. The van der Waals surface area contributed by atoms with Crippen LogP contribution in [0, 0.1) is 0 Å². The van der Waals surface area contributed by atoms with Crippen LogP contribution in [0.2, 0.25) is 0 Å². The molecule has 0 amide bonds. The van der Waals surface area contributed by atoms with E-state index >= 15 is 0 Å². The van der Waals surface area contributed by atoms with Gasteiger partial charge in [0.25, 0.3) is 0 Å². The van der Waals surface area contributed by atoms with Gasteiger partial charge in [0.1, 0.15) is 0 Å². The molecular formula is C9H21NO2. The maximum Gasteiger partial charge on any atom is 0.0638 e. The van der Waals surface area contributed by atoms with Crippen LogP contribution in [0.4, 0.5) is 0 Å². The fraction of sp³-hybridized carbons (Fsp3) is 1.00. The minimum absolute atomic E-state index is 0.225. The molecule has 0 aromatic rings. The molecule has 0 radical (unpaired) electrons. The Bertz CT molecular complexity index is 96.5. The maximum absolute atomic E-state index is 9.06. The van der Waals surface area contributed by atoms with E-state index in [0.29, 0.717) is 0 Å². The summed E-state index contributed by atoms with van der Waals surface area (Å²) in [6, 6.07) is 0. The van der Waals surface area contributed by atoms with Gasteiger partial charge in [0.15, 0.2) is 0 Å². The lowest BCUT2D eigenvalue weighted by atomic mass is 10.3. The maximum atomic E-state index is 9.06. The summed E-state index contributed by atoms with van der Waals surface area (Å²) in [4.78, 5) is 2.14. The number of hydrogen-bond donors (Lipinski definition) is 1. The molecule has 3 heteroatoms. The van der Waals surface area contributed by atoms with Crippen LogP contribution in [0.5, 0.6) is 0 Å². The SMILES string of the molecule is COCCCCN(C)CC(C)O. The fourth-order valence-electron chi connectivity index (χ4n) is 1.17. The van der Waals surface area contributed by atoms with Gasteiger partial charge >= 0.3 is 0 Å². The summed E-state index contributed by atoms with van der Waals surface area (Å²) in [5, 5.41) is 9.06. The summed E-state index contributed by atoms with van der Waals surface area (Å²) in [5.74, 6) is 0. The Morgan fingerprint density at radius 1 is 1.42 bits per heavy atom. The molecule has 0 aromatic heterocycles. The summed E-state index contributed by atoms with van der Waals surface area (Å²) in [5.41, 5.74) is 0. The molecule has 1 unspecified atom stereocenters. The first kappa shape index (κ1) is 11.9. The van der Waals surface area contributed by atoms with Gasteiger partial charge in [0.05, 0.1) is 6.10 Å². The molecule has 0 fully saturated rings. The molecule has 0 aliphatic carbocycles. The summed E-state index contributed by atoms with van der Waals surface area (Å²) in [6.07, 6.45) is 2.01. The van der Waals surface area contributed by atoms with Gasteiger partial charge in [0.2, 0.25) is 0 Å². The van der Waals surface area contributed by atoms with E-state index in [4.69, 9.17) is 9.84 Å². The third kappa shape index (κ3) is 7.98. The van der Waals surface area contributed by atoms with Crippen LogP contribution < -0.4 is 0 Å². The molecule has 12 heavy (non-hydrogen) atoms. The minimum atomic E-state index is -0.225. The Balaban J connectivity index is 3.14. The van der Waals surface area contributed by atoms with E-state index in [1.165, 1.54) is 0 Å². The summed E-state index contributed by atoms with van der Waals surface area (Å²) in [6.45, 7) is 4.44. The quantitative estimate of drug-likeness (QED) is 0.579. The lowest BCUT2D eigenvalue weighted by Crippen LogP contribution is -2.28. The van der Waals surface area contributed by atoms with Crippen LogP contribution >= 0.6 is 0 Å². The topological polar surface area (TPSA) is 32.7 Å². The monoisotopic (exact) mass is 175 g/mol. The molecule has 1 N–H and O–H groups in total. The van der Waals surface area contributed by atoms with Crippen molar-refractivity contribution in [1.82, 2.24) is 4.90 Å². The number of nitrogens with zero attached hydrogens (tertiary/aromatic N) is 1. The second-order valence-corrected chi connectivity index (χ2v) is 3.31. The third-order valence-electron chi connectivity index (χ3n) is 1.71. The molecule has 0 bridgehead atoms. The number of ether oxygens (including phenoxy) is 1. The number of aliphatic hydroxyl groups excluding tert-OH is 1. The lowest BCUT2D eigenvalue weighted by Gasteiger charge is -2.17. The van der Waals surface area contributed by atoms with Crippen molar-refractivity contribution in [3.8, 4) is 0 Å². The third-order valence-corrected chi connectivity index (χ3v) is 1.71.